The largest absolute Gasteiger partial charge is 0.256 e. The first-order valence-corrected chi connectivity index (χ1v) is 4.68. The molecule has 0 aromatic rings. The molecule has 1 fully saturated rings. The summed E-state index contributed by atoms with van der Waals surface area (Å²) in [6.45, 7) is 0. The minimum Gasteiger partial charge on any atom is -0.106 e. The Balaban J connectivity index is 2.17. The van der Waals surface area contributed by atoms with Crippen LogP contribution in [0.25, 0.3) is 0 Å². The van der Waals surface area contributed by atoms with Crippen LogP contribution < -0.4 is 0 Å². The molecule has 0 aromatic heterocycles. The zero-order valence-electron chi connectivity index (χ0n) is 2.99. The van der Waals surface area contributed by atoms with Gasteiger partial charge in [-0.15, -0.1) is 16.4 Å². The molecule has 1 heterocycles. The second kappa shape index (κ2) is 0.740. The molecule has 0 aromatic carbocycles. The maximum Gasteiger partial charge on any atom is 0.256 e. The van der Waals surface area contributed by atoms with Gasteiger partial charge in [-0.2, -0.15) is 0 Å². The molecule has 1 aliphatic rings. The number of rotatable bonds is 0. The Kier molecular flexibility index (Phi) is 0.509. The number of hydrogen-bond donors (Lipinski definition) is 0. The Bertz CT molecular complexity index is 22.5. The van der Waals surface area contributed by atoms with Gasteiger partial charge in [0.05, 0.1) is 0 Å². The molecule has 0 bridgehead atoms. The molecule has 1 heteroatoms. The minimum absolute atomic E-state index is 0.111. The third kappa shape index (κ3) is 0.477. The molecule has 1 aliphatic heterocycles. The molecular weight excluding hydrogens is 63.0 g/mol. The van der Waals surface area contributed by atoms with Crippen LogP contribution in [0.1, 0.15) is 0 Å². The molecule has 0 radical (unpaired) electrons. The van der Waals surface area contributed by atoms with Gasteiger partial charge in [0.15, 0.2) is 0 Å². The van der Waals surface area contributed by atoms with Crippen LogP contribution in [-0.4, -0.2) is 14.1 Å². The fourth-order valence-corrected chi connectivity index (χ4v) is 1.50. The standard InChI is InChI=1S/C2H4.CH3.Al/c1-2;;/h1-2H2;1H3;. The highest BCUT2D eigenvalue weighted by Gasteiger charge is 2.21. The van der Waals surface area contributed by atoms with Crippen LogP contribution in [0.5, 0.6) is 0 Å². The van der Waals surface area contributed by atoms with Gasteiger partial charge >= 0.3 is 0 Å². The van der Waals surface area contributed by atoms with Crippen molar-refractivity contribution in [2.75, 3.05) is 0 Å². The van der Waals surface area contributed by atoms with Gasteiger partial charge in [-0.05, 0) is 0 Å². The molecule has 1 rings (SSSR count). The van der Waals surface area contributed by atoms with Crippen molar-refractivity contribution in [3.05, 3.63) is 0 Å². The van der Waals surface area contributed by atoms with Gasteiger partial charge in [-0.1, -0.05) is 0 Å². The summed E-state index contributed by atoms with van der Waals surface area (Å²) in [5.74, 6) is 2.42. The highest BCUT2D eigenvalue weighted by Crippen LogP contribution is 2.19. The van der Waals surface area contributed by atoms with E-state index in [0.29, 0.717) is 0 Å². The summed E-state index contributed by atoms with van der Waals surface area (Å²) in [7, 11) is 0. The average Bonchev–Trinajstić information content (AvgIpc) is 1.75. The Morgan fingerprint density at radius 1 is 1.50 bits per heavy atom. The van der Waals surface area contributed by atoms with Crippen molar-refractivity contribution in [3.63, 3.8) is 0 Å². The Hall–Kier alpha value is 0.532. The van der Waals surface area contributed by atoms with Crippen molar-refractivity contribution in [2.24, 2.45) is 0 Å². The smallest absolute Gasteiger partial charge is 0.106 e. The average molecular weight is 70.1 g/mol. The maximum absolute atomic E-state index is 2.42. The van der Waals surface area contributed by atoms with E-state index in [-0.39, 0.29) is 14.1 Å². The lowest BCUT2D eigenvalue weighted by molar-refractivity contribution is 1.69. The van der Waals surface area contributed by atoms with E-state index in [4.69, 9.17) is 0 Å². The fourth-order valence-electron chi connectivity index (χ4n) is 0.167. The lowest BCUT2D eigenvalue weighted by Gasteiger charge is -1.39. The third-order valence-corrected chi connectivity index (χ3v) is 2.60. The minimum atomic E-state index is 0.111. The van der Waals surface area contributed by atoms with Crippen molar-refractivity contribution in [2.45, 2.75) is 16.4 Å². The van der Waals surface area contributed by atoms with E-state index in [1.165, 1.54) is 0 Å². The molecule has 4 heavy (non-hydrogen) atoms. The SMILES string of the molecule is [CH3][Al]1[CH2][CH2]1. The second-order valence-electron chi connectivity index (χ2n) is 1.68. The van der Waals surface area contributed by atoms with Gasteiger partial charge in [-0.25, -0.2) is 0 Å². The van der Waals surface area contributed by atoms with Gasteiger partial charge in [0.25, 0.3) is 14.1 Å². The van der Waals surface area contributed by atoms with Gasteiger partial charge in [0, 0.05) is 0 Å². The van der Waals surface area contributed by atoms with Crippen LogP contribution in [0.4, 0.5) is 0 Å². The zero-order valence-corrected chi connectivity index (χ0v) is 4.15. The molecule has 22 valence electrons. The second-order valence-corrected chi connectivity index (χ2v) is 5.05. The topological polar surface area (TPSA) is 0 Å². The summed E-state index contributed by atoms with van der Waals surface area (Å²) in [5, 5.41) is 3.25. The van der Waals surface area contributed by atoms with Crippen LogP contribution in [-0.2, 0) is 0 Å². The molecule has 0 spiro atoms. The summed E-state index contributed by atoms with van der Waals surface area (Å²) < 4.78 is 0. The molecule has 0 N–H and O–H groups in total. The Labute approximate surface area is 31.2 Å². The van der Waals surface area contributed by atoms with E-state index < -0.39 is 0 Å². The van der Waals surface area contributed by atoms with E-state index >= 15 is 0 Å². The fraction of sp³-hybridized carbons (Fsp3) is 1.00. The summed E-state index contributed by atoms with van der Waals surface area (Å²) in [4.78, 5) is 0. The molecule has 1 saturated heterocycles. The first-order valence-electron chi connectivity index (χ1n) is 1.89. The monoisotopic (exact) mass is 70.0 g/mol. The van der Waals surface area contributed by atoms with Crippen LogP contribution in [0, 0.1) is 0 Å². The van der Waals surface area contributed by atoms with E-state index in [9.17, 15) is 0 Å². The van der Waals surface area contributed by atoms with E-state index in [1.54, 1.807) is 10.6 Å². The third-order valence-electron chi connectivity index (χ3n) is 0.866. The molecule has 0 aliphatic carbocycles. The predicted octanol–water partition coefficient (Wildman–Crippen LogP) is 1.12. The van der Waals surface area contributed by atoms with E-state index in [2.05, 4.69) is 5.79 Å². The molecule has 0 nitrogen and oxygen atoms in total. The van der Waals surface area contributed by atoms with Gasteiger partial charge in [0.2, 0.25) is 0 Å². The Morgan fingerprint density at radius 3 is 1.75 bits per heavy atom. The lowest BCUT2D eigenvalue weighted by atomic mass is 11.0. The van der Waals surface area contributed by atoms with Gasteiger partial charge in [-0.3, -0.25) is 0 Å². The number of hydrogen-bond acceptors (Lipinski definition) is 0. The molecular formula is C3H7Al. The first-order chi connectivity index (χ1) is 1.89. The highest BCUT2D eigenvalue weighted by molar-refractivity contribution is 6.68. The zero-order chi connectivity index (χ0) is 2.99. The summed E-state index contributed by atoms with van der Waals surface area (Å²) in [6.07, 6.45) is 0. The summed E-state index contributed by atoms with van der Waals surface area (Å²) in [5.41, 5.74) is 0. The van der Waals surface area contributed by atoms with Gasteiger partial charge < -0.3 is 0 Å². The van der Waals surface area contributed by atoms with Crippen LogP contribution >= 0.6 is 0 Å². The van der Waals surface area contributed by atoms with E-state index in [1.807, 2.05) is 0 Å². The van der Waals surface area contributed by atoms with E-state index in [0.717, 1.165) is 0 Å². The van der Waals surface area contributed by atoms with Crippen LogP contribution in [0.3, 0.4) is 0 Å². The molecule has 0 unspecified atom stereocenters. The normalized spacial score (nSPS) is 21.8. The predicted molar refractivity (Wildman–Crippen MR) is 21.2 cm³/mol. The lowest BCUT2D eigenvalue weighted by Crippen LogP contribution is -1.63. The van der Waals surface area contributed by atoms with Gasteiger partial charge in [0.1, 0.15) is 0 Å². The molecule has 0 amide bonds. The van der Waals surface area contributed by atoms with Crippen molar-refractivity contribution in [1.29, 1.82) is 0 Å². The summed E-state index contributed by atoms with van der Waals surface area (Å²) >= 11 is 0.111. The first kappa shape index (κ1) is 2.75. The molecule has 0 saturated carbocycles. The van der Waals surface area contributed by atoms with Crippen molar-refractivity contribution in [1.82, 2.24) is 0 Å². The van der Waals surface area contributed by atoms with Crippen molar-refractivity contribution >= 4 is 14.1 Å². The molecule has 0 atom stereocenters. The summed E-state index contributed by atoms with van der Waals surface area (Å²) in [6, 6.07) is 0. The van der Waals surface area contributed by atoms with Crippen LogP contribution in [0.2, 0.25) is 16.4 Å². The van der Waals surface area contributed by atoms with Crippen molar-refractivity contribution in [3.8, 4) is 0 Å². The Morgan fingerprint density at radius 2 is 1.75 bits per heavy atom. The quantitative estimate of drug-likeness (QED) is 0.375. The maximum atomic E-state index is 2.42. The van der Waals surface area contributed by atoms with Crippen molar-refractivity contribution < 1.29 is 0 Å². The highest BCUT2D eigenvalue weighted by atomic mass is 27.2. The van der Waals surface area contributed by atoms with Crippen LogP contribution in [0.15, 0.2) is 0 Å².